The molecule has 1 aliphatic heterocycles. The predicted octanol–water partition coefficient (Wildman–Crippen LogP) is -0.599. The summed E-state index contributed by atoms with van der Waals surface area (Å²) in [5.74, 6) is -3.56. The van der Waals surface area contributed by atoms with Crippen molar-refractivity contribution in [2.24, 2.45) is 17.2 Å². The summed E-state index contributed by atoms with van der Waals surface area (Å²) in [5.41, 5.74) is 17.8. The molecule has 1 aromatic carbocycles. The van der Waals surface area contributed by atoms with Gasteiger partial charge in [0.15, 0.2) is 0 Å². The van der Waals surface area contributed by atoms with Crippen LogP contribution in [-0.2, 0) is 35.1 Å². The number of rotatable bonds is 17. The summed E-state index contributed by atoms with van der Waals surface area (Å²) in [4.78, 5) is 63.7. The maximum absolute atomic E-state index is 13.9. The third-order valence-corrected chi connectivity index (χ3v) is 7.21. The minimum atomic E-state index is -1.44. The van der Waals surface area contributed by atoms with E-state index in [1.165, 1.54) is 7.11 Å². The highest BCUT2D eigenvalue weighted by atomic mass is 16.5. The summed E-state index contributed by atoms with van der Waals surface area (Å²) in [6.45, 7) is 0.854. The molecule has 0 radical (unpaired) electrons. The number of carboxylic acids is 1. The number of benzene rings is 1. The zero-order chi connectivity index (χ0) is 30.4. The van der Waals surface area contributed by atoms with Gasteiger partial charge >= 0.3 is 5.97 Å². The summed E-state index contributed by atoms with van der Waals surface area (Å²) in [6, 6.07) is 5.74. The molecule has 41 heavy (non-hydrogen) atoms. The topological polar surface area (TPSA) is 220 Å². The van der Waals surface area contributed by atoms with Gasteiger partial charge in [-0.3, -0.25) is 19.2 Å². The van der Waals surface area contributed by atoms with Crippen LogP contribution < -0.4 is 27.8 Å². The van der Waals surface area contributed by atoms with Gasteiger partial charge in [0.2, 0.25) is 23.6 Å². The van der Waals surface area contributed by atoms with Crippen molar-refractivity contribution in [3.63, 3.8) is 0 Å². The van der Waals surface area contributed by atoms with Crippen LogP contribution in [0.4, 0.5) is 0 Å². The molecule has 1 heterocycles. The van der Waals surface area contributed by atoms with Gasteiger partial charge in [-0.25, -0.2) is 4.79 Å². The smallest absolute Gasteiger partial charge is 0.326 e. The molecule has 9 N–H and O–H groups in total. The lowest BCUT2D eigenvalue weighted by Crippen LogP contribution is -2.59. The molecule has 13 heteroatoms. The van der Waals surface area contributed by atoms with E-state index < -0.39 is 54.3 Å². The predicted molar refractivity (Wildman–Crippen MR) is 151 cm³/mol. The number of aliphatic carboxylic acids is 1. The largest absolute Gasteiger partial charge is 0.480 e. The van der Waals surface area contributed by atoms with Gasteiger partial charge < -0.3 is 42.6 Å². The highest BCUT2D eigenvalue weighted by molar-refractivity contribution is 5.90. The van der Waals surface area contributed by atoms with Gasteiger partial charge in [0, 0.05) is 20.1 Å². The lowest BCUT2D eigenvalue weighted by atomic mass is 9.93. The maximum atomic E-state index is 13.9. The molecule has 0 bridgehead atoms. The molecule has 13 nitrogen and oxygen atoms in total. The number of carboxylic acid groups (broad SMARTS) is 1. The highest BCUT2D eigenvalue weighted by Crippen LogP contribution is 2.25. The van der Waals surface area contributed by atoms with Gasteiger partial charge in [-0.05, 0) is 57.1 Å². The molecule has 0 aromatic heterocycles. The number of hydrogen-bond donors (Lipinski definition) is 6. The van der Waals surface area contributed by atoms with E-state index in [1.807, 2.05) is 30.3 Å². The average Bonchev–Trinajstić information content (AvgIpc) is 2.94. The summed E-state index contributed by atoms with van der Waals surface area (Å²) >= 11 is 0. The van der Waals surface area contributed by atoms with E-state index in [4.69, 9.17) is 21.9 Å². The number of hydrogen-bond acceptors (Lipinski definition) is 8. The molecule has 1 aliphatic rings. The van der Waals surface area contributed by atoms with Gasteiger partial charge in [0.25, 0.3) is 0 Å². The van der Waals surface area contributed by atoms with Crippen molar-refractivity contribution in [3.8, 4) is 0 Å². The molecule has 1 aromatic rings. The molecule has 0 unspecified atom stereocenters. The minimum Gasteiger partial charge on any atom is -0.480 e. The summed E-state index contributed by atoms with van der Waals surface area (Å²) in [5, 5.41) is 14.4. The number of ether oxygens (including phenoxy) is 1. The number of likely N-dealkylation sites (tertiary alicyclic amines) is 1. The Kier molecular flexibility index (Phi) is 14.2. The number of primary amides is 1. The number of amides is 4. The average molecular weight is 577 g/mol. The Bertz CT molecular complexity index is 1020. The molecule has 4 amide bonds. The minimum absolute atomic E-state index is 0.108. The molecular weight excluding hydrogens is 532 g/mol. The highest BCUT2D eigenvalue weighted by Gasteiger charge is 2.38. The standard InChI is InChI=1S/C28H44N6O7/c1-41-23-11-7-15-34(22(23)12-13-25(36)32-21(28(39)40)17-24(31)35)27(38)20(10-5-6-14-29)33-26(37)19(30)16-18-8-3-2-4-9-18/h2-4,8-9,19-23H,5-7,10-17,29-30H2,1H3,(H2,31,35)(H,32,36)(H,33,37)(H,39,40)/t19-,20-,21-,22-,23-/m0/s1. The fourth-order valence-corrected chi connectivity index (χ4v) is 5.05. The molecule has 2 rings (SSSR count). The number of piperidine rings is 1. The van der Waals surface area contributed by atoms with E-state index in [-0.39, 0.29) is 24.9 Å². The van der Waals surface area contributed by atoms with E-state index in [0.29, 0.717) is 51.6 Å². The van der Waals surface area contributed by atoms with Crippen molar-refractivity contribution in [2.45, 2.75) is 88.1 Å². The van der Waals surface area contributed by atoms with Crippen molar-refractivity contribution >= 4 is 29.6 Å². The SMILES string of the molecule is CO[C@H]1CCCN(C(=O)[C@H](CCCCN)NC(=O)[C@@H](N)Cc2ccccc2)[C@H]1CCC(=O)N[C@@H](CC(N)=O)C(=O)O. The fraction of sp³-hybridized carbons (Fsp3) is 0.607. The maximum Gasteiger partial charge on any atom is 0.326 e. The van der Waals surface area contributed by atoms with Gasteiger partial charge in [-0.15, -0.1) is 0 Å². The lowest BCUT2D eigenvalue weighted by molar-refractivity contribution is -0.145. The van der Waals surface area contributed by atoms with Gasteiger partial charge in [-0.2, -0.15) is 0 Å². The quantitative estimate of drug-likeness (QED) is 0.130. The second-order valence-corrected chi connectivity index (χ2v) is 10.3. The normalized spacial score (nSPS) is 19.0. The van der Waals surface area contributed by atoms with Crippen LogP contribution in [0.1, 0.15) is 56.9 Å². The van der Waals surface area contributed by atoms with Gasteiger partial charge in [0.1, 0.15) is 12.1 Å². The molecule has 228 valence electrons. The van der Waals surface area contributed by atoms with Crippen molar-refractivity contribution in [1.82, 2.24) is 15.5 Å². The van der Waals surface area contributed by atoms with Crippen molar-refractivity contribution in [1.29, 1.82) is 0 Å². The Morgan fingerprint density at radius 3 is 2.41 bits per heavy atom. The van der Waals surface area contributed by atoms with Crippen LogP contribution in [0.5, 0.6) is 0 Å². The van der Waals surface area contributed by atoms with E-state index in [2.05, 4.69) is 10.6 Å². The van der Waals surface area contributed by atoms with Crippen molar-refractivity contribution in [3.05, 3.63) is 35.9 Å². The second-order valence-electron chi connectivity index (χ2n) is 10.3. The Hall–Kier alpha value is -3.55. The van der Waals surface area contributed by atoms with E-state index in [9.17, 15) is 29.1 Å². The van der Waals surface area contributed by atoms with E-state index >= 15 is 0 Å². The molecule has 0 aliphatic carbocycles. The first kappa shape index (κ1) is 33.7. The fourth-order valence-electron chi connectivity index (χ4n) is 5.05. The number of unbranched alkanes of at least 4 members (excludes halogenated alkanes) is 1. The van der Waals surface area contributed by atoms with Crippen LogP contribution >= 0.6 is 0 Å². The molecule has 0 spiro atoms. The molecule has 1 saturated heterocycles. The van der Waals surface area contributed by atoms with Crippen LogP contribution in [0.3, 0.4) is 0 Å². The van der Waals surface area contributed by atoms with Gasteiger partial charge in [0.05, 0.1) is 24.6 Å². The number of nitrogens with two attached hydrogens (primary N) is 3. The first-order valence-corrected chi connectivity index (χ1v) is 14.0. The number of carbonyl (C=O) groups is 5. The Morgan fingerprint density at radius 2 is 1.80 bits per heavy atom. The number of nitrogens with zero attached hydrogens (tertiary/aromatic N) is 1. The first-order chi connectivity index (χ1) is 19.6. The first-order valence-electron chi connectivity index (χ1n) is 14.0. The van der Waals surface area contributed by atoms with Crippen LogP contribution in [0.15, 0.2) is 30.3 Å². The molecular formula is C28H44N6O7. The summed E-state index contributed by atoms with van der Waals surface area (Å²) < 4.78 is 5.65. The summed E-state index contributed by atoms with van der Waals surface area (Å²) in [7, 11) is 1.53. The second kappa shape index (κ2) is 17.3. The zero-order valence-electron chi connectivity index (χ0n) is 23.6. The summed E-state index contributed by atoms with van der Waals surface area (Å²) in [6.07, 6.45) is 2.50. The van der Waals surface area contributed by atoms with Gasteiger partial charge in [-0.1, -0.05) is 30.3 Å². The third-order valence-electron chi connectivity index (χ3n) is 7.21. The van der Waals surface area contributed by atoms with Crippen molar-refractivity contribution in [2.75, 3.05) is 20.2 Å². The number of nitrogens with one attached hydrogen (secondary N) is 2. The van der Waals surface area contributed by atoms with E-state index in [0.717, 1.165) is 5.56 Å². The van der Waals surface area contributed by atoms with E-state index in [1.54, 1.807) is 4.90 Å². The van der Waals surface area contributed by atoms with Crippen molar-refractivity contribution < 1.29 is 33.8 Å². The zero-order valence-corrected chi connectivity index (χ0v) is 23.6. The Labute approximate surface area is 240 Å². The molecule has 5 atom stereocenters. The Morgan fingerprint density at radius 1 is 1.10 bits per heavy atom. The molecule has 1 fully saturated rings. The van der Waals surface area contributed by atoms with Crippen LogP contribution in [0.25, 0.3) is 0 Å². The number of carbonyl (C=O) groups excluding carboxylic acids is 4. The van der Waals surface area contributed by atoms with Crippen LogP contribution in [0, 0.1) is 0 Å². The monoisotopic (exact) mass is 576 g/mol. The lowest BCUT2D eigenvalue weighted by Gasteiger charge is -2.42. The van der Waals surface area contributed by atoms with Crippen LogP contribution in [-0.4, -0.2) is 90.1 Å². The van der Waals surface area contributed by atoms with Crippen LogP contribution in [0.2, 0.25) is 0 Å². The molecule has 0 saturated carbocycles. The third kappa shape index (κ3) is 11.1. The Balaban J connectivity index is 2.14. The number of methoxy groups -OCH3 is 1.